The van der Waals surface area contributed by atoms with Gasteiger partial charge in [-0.15, -0.1) is 11.3 Å². The highest BCUT2D eigenvalue weighted by molar-refractivity contribution is 7.13. The Balaban J connectivity index is 1.43. The van der Waals surface area contributed by atoms with Crippen molar-refractivity contribution in [3.05, 3.63) is 44.7 Å². The molecule has 0 atom stereocenters. The highest BCUT2D eigenvalue weighted by atomic mass is 32.1. The molecule has 188 valence electrons. The maximum atomic E-state index is 13.5. The molecule has 0 bridgehead atoms. The van der Waals surface area contributed by atoms with E-state index in [9.17, 15) is 14.4 Å². The van der Waals surface area contributed by atoms with Crippen LogP contribution in [-0.4, -0.2) is 88.5 Å². The number of aryl methyl sites for hydroxylation is 3. The van der Waals surface area contributed by atoms with Gasteiger partial charge in [0.15, 0.2) is 0 Å². The number of aromatic nitrogens is 2. The zero-order valence-electron chi connectivity index (χ0n) is 20.9. The van der Waals surface area contributed by atoms with Crippen LogP contribution in [0.25, 0.3) is 0 Å². The third-order valence-corrected chi connectivity index (χ3v) is 7.71. The second-order valence-electron chi connectivity index (χ2n) is 9.08. The van der Waals surface area contributed by atoms with Crippen molar-refractivity contribution in [2.75, 3.05) is 45.9 Å². The van der Waals surface area contributed by atoms with Gasteiger partial charge in [0.25, 0.3) is 11.8 Å². The summed E-state index contributed by atoms with van der Waals surface area (Å²) in [4.78, 5) is 53.7. The minimum Gasteiger partial charge on any atom is -0.450 e. The predicted octanol–water partition coefficient (Wildman–Crippen LogP) is 3.40. The van der Waals surface area contributed by atoms with Gasteiger partial charge in [-0.2, -0.15) is 0 Å². The first-order chi connectivity index (χ1) is 16.8. The Morgan fingerprint density at radius 3 is 2.14 bits per heavy atom. The van der Waals surface area contributed by atoms with Crippen LogP contribution in [0, 0.1) is 20.8 Å². The van der Waals surface area contributed by atoms with Gasteiger partial charge in [-0.05, 0) is 52.7 Å². The molecule has 0 radical (unpaired) electrons. The number of piperidine rings is 1. The van der Waals surface area contributed by atoms with E-state index in [2.05, 4.69) is 4.98 Å². The van der Waals surface area contributed by atoms with Crippen LogP contribution in [0.4, 0.5) is 4.79 Å². The summed E-state index contributed by atoms with van der Waals surface area (Å²) in [6, 6.07) is 3.75. The fraction of sp³-hybridized carbons (Fsp3) is 0.560. The van der Waals surface area contributed by atoms with Crippen LogP contribution in [-0.2, 0) is 4.74 Å². The van der Waals surface area contributed by atoms with Gasteiger partial charge in [0.1, 0.15) is 4.88 Å². The van der Waals surface area contributed by atoms with Gasteiger partial charge in [0.2, 0.25) is 0 Å². The quantitative estimate of drug-likeness (QED) is 0.640. The van der Waals surface area contributed by atoms with Gasteiger partial charge in [-0.25, -0.2) is 9.78 Å². The van der Waals surface area contributed by atoms with Crippen LogP contribution in [0.2, 0.25) is 0 Å². The third-order valence-electron chi connectivity index (χ3n) is 6.65. The van der Waals surface area contributed by atoms with Crippen molar-refractivity contribution in [3.8, 4) is 0 Å². The number of pyridine rings is 1. The second-order valence-corrected chi connectivity index (χ2v) is 10.3. The number of amides is 3. The molecular weight excluding hydrogens is 466 g/mol. The Labute approximate surface area is 210 Å². The van der Waals surface area contributed by atoms with Crippen molar-refractivity contribution >= 4 is 29.2 Å². The average molecular weight is 500 g/mol. The summed E-state index contributed by atoms with van der Waals surface area (Å²) < 4.78 is 5.08. The van der Waals surface area contributed by atoms with Crippen molar-refractivity contribution in [2.24, 2.45) is 0 Å². The topological polar surface area (TPSA) is 95.9 Å². The molecule has 9 nitrogen and oxygen atoms in total. The summed E-state index contributed by atoms with van der Waals surface area (Å²) in [6.45, 7) is 10.9. The first kappa shape index (κ1) is 25.1. The first-order valence-electron chi connectivity index (χ1n) is 12.2. The summed E-state index contributed by atoms with van der Waals surface area (Å²) in [6.07, 6.45) is 1.19. The van der Waals surface area contributed by atoms with Gasteiger partial charge in [-0.1, -0.05) is 0 Å². The van der Waals surface area contributed by atoms with E-state index in [1.807, 2.05) is 37.8 Å². The monoisotopic (exact) mass is 499 g/mol. The molecule has 0 spiro atoms. The smallest absolute Gasteiger partial charge is 0.409 e. The number of piperazine rings is 1. The number of carbonyl (C=O) groups is 3. The lowest BCUT2D eigenvalue weighted by atomic mass is 9.89. The van der Waals surface area contributed by atoms with Gasteiger partial charge in [0, 0.05) is 50.9 Å². The van der Waals surface area contributed by atoms with Gasteiger partial charge in [-0.3, -0.25) is 14.6 Å². The standard InChI is InChI=1S/C25H33N5O4S/c1-5-34-25(33)30-14-12-29(13-15-30)23(31)20-7-6-16(2)26-21(20)19-8-10-28(11-9-19)24(32)22-17(3)27-18(4)35-22/h6-7,19H,5,8-15H2,1-4H3. The molecule has 0 N–H and O–H groups in total. The Morgan fingerprint density at radius 2 is 1.54 bits per heavy atom. The SMILES string of the molecule is CCOC(=O)N1CCN(C(=O)c2ccc(C)nc2C2CCN(C(=O)c3sc(C)nc3C)CC2)CC1. The minimum atomic E-state index is -0.331. The summed E-state index contributed by atoms with van der Waals surface area (Å²) in [7, 11) is 0. The highest BCUT2D eigenvalue weighted by Crippen LogP contribution is 2.31. The zero-order chi connectivity index (χ0) is 25.1. The Morgan fingerprint density at radius 1 is 0.914 bits per heavy atom. The van der Waals surface area contributed by atoms with E-state index >= 15 is 0 Å². The minimum absolute atomic E-state index is 0.0412. The van der Waals surface area contributed by atoms with E-state index in [1.165, 1.54) is 11.3 Å². The molecule has 2 aliphatic rings. The number of likely N-dealkylation sites (tertiary alicyclic amines) is 1. The number of nitrogens with zero attached hydrogens (tertiary/aromatic N) is 5. The van der Waals surface area contributed by atoms with Gasteiger partial charge >= 0.3 is 6.09 Å². The molecule has 0 aliphatic carbocycles. The molecule has 2 aromatic heterocycles. The Kier molecular flexibility index (Phi) is 7.69. The van der Waals surface area contributed by atoms with E-state index in [0.717, 1.165) is 34.9 Å². The number of ether oxygens (including phenoxy) is 1. The van der Waals surface area contributed by atoms with Crippen molar-refractivity contribution in [1.29, 1.82) is 0 Å². The highest BCUT2D eigenvalue weighted by Gasteiger charge is 2.32. The van der Waals surface area contributed by atoms with E-state index in [0.29, 0.717) is 56.3 Å². The largest absolute Gasteiger partial charge is 0.450 e. The molecule has 4 rings (SSSR count). The Bertz CT molecular complexity index is 1100. The van der Waals surface area contributed by atoms with E-state index in [-0.39, 0.29) is 23.8 Å². The average Bonchev–Trinajstić information content (AvgIpc) is 3.21. The molecule has 10 heteroatoms. The Hall–Kier alpha value is -3.01. The second kappa shape index (κ2) is 10.7. The van der Waals surface area contributed by atoms with Gasteiger partial charge < -0.3 is 19.4 Å². The number of rotatable bonds is 4. The molecule has 0 aromatic carbocycles. The maximum absolute atomic E-state index is 13.5. The zero-order valence-corrected chi connectivity index (χ0v) is 21.7. The van der Waals surface area contributed by atoms with Crippen molar-refractivity contribution < 1.29 is 19.1 Å². The number of hydrogen-bond donors (Lipinski definition) is 0. The lowest BCUT2D eigenvalue weighted by Crippen LogP contribution is -2.51. The van der Waals surface area contributed by atoms with Crippen LogP contribution in [0.15, 0.2) is 12.1 Å². The van der Waals surface area contributed by atoms with Crippen LogP contribution in [0.1, 0.15) is 67.8 Å². The number of carbonyl (C=O) groups excluding carboxylic acids is 3. The van der Waals surface area contributed by atoms with Crippen molar-refractivity contribution in [1.82, 2.24) is 24.7 Å². The lowest BCUT2D eigenvalue weighted by molar-refractivity contribution is 0.0567. The van der Waals surface area contributed by atoms with Crippen LogP contribution in [0.3, 0.4) is 0 Å². The molecular formula is C25H33N5O4S. The van der Waals surface area contributed by atoms with E-state index in [4.69, 9.17) is 9.72 Å². The van der Waals surface area contributed by atoms with Crippen LogP contribution in [0.5, 0.6) is 0 Å². The van der Waals surface area contributed by atoms with Crippen molar-refractivity contribution in [3.63, 3.8) is 0 Å². The summed E-state index contributed by atoms with van der Waals surface area (Å²) in [5.74, 6) is 0.104. The van der Waals surface area contributed by atoms with Crippen LogP contribution >= 0.6 is 11.3 Å². The molecule has 2 aromatic rings. The van der Waals surface area contributed by atoms with E-state index in [1.54, 1.807) is 16.7 Å². The lowest BCUT2D eigenvalue weighted by Gasteiger charge is -2.35. The molecule has 0 saturated carbocycles. The molecule has 35 heavy (non-hydrogen) atoms. The predicted molar refractivity (Wildman–Crippen MR) is 133 cm³/mol. The number of hydrogen-bond acceptors (Lipinski definition) is 7. The molecule has 2 saturated heterocycles. The summed E-state index contributed by atoms with van der Waals surface area (Å²) >= 11 is 1.44. The fourth-order valence-electron chi connectivity index (χ4n) is 4.78. The summed E-state index contributed by atoms with van der Waals surface area (Å²) in [5.41, 5.74) is 3.10. The summed E-state index contributed by atoms with van der Waals surface area (Å²) in [5, 5.41) is 0.899. The first-order valence-corrected chi connectivity index (χ1v) is 13.0. The van der Waals surface area contributed by atoms with Crippen molar-refractivity contribution in [2.45, 2.75) is 46.5 Å². The normalized spacial score (nSPS) is 17.0. The fourth-order valence-corrected chi connectivity index (χ4v) is 5.66. The molecule has 4 heterocycles. The van der Waals surface area contributed by atoms with Crippen LogP contribution < -0.4 is 0 Å². The molecule has 0 unspecified atom stereocenters. The molecule has 2 aliphatic heterocycles. The molecule has 2 fully saturated rings. The van der Waals surface area contributed by atoms with E-state index < -0.39 is 0 Å². The molecule has 3 amide bonds. The number of thiazole rings is 1. The van der Waals surface area contributed by atoms with Gasteiger partial charge in [0.05, 0.1) is 28.6 Å². The third kappa shape index (κ3) is 5.47. The maximum Gasteiger partial charge on any atom is 0.409 e.